The van der Waals surface area contributed by atoms with E-state index in [1.54, 1.807) is 4.90 Å². The Morgan fingerprint density at radius 1 is 0.960 bits per heavy atom. The summed E-state index contributed by atoms with van der Waals surface area (Å²) >= 11 is 0. The summed E-state index contributed by atoms with van der Waals surface area (Å²) in [5.41, 5.74) is 0.478. The highest BCUT2D eigenvalue weighted by atomic mass is 19.1. The van der Waals surface area contributed by atoms with Gasteiger partial charge in [0, 0.05) is 24.7 Å². The molecule has 136 valence electrons. The second-order valence-corrected chi connectivity index (χ2v) is 7.29. The Bertz CT molecular complexity index is 594. The molecule has 0 unspecified atom stereocenters. The molecule has 2 aliphatic rings. The van der Waals surface area contributed by atoms with E-state index >= 15 is 0 Å². The predicted octanol–water partition coefficient (Wildman–Crippen LogP) is 3.52. The molecule has 5 heteroatoms. The smallest absolute Gasteiger partial charge is 0.253 e. The van der Waals surface area contributed by atoms with Gasteiger partial charge in [-0.2, -0.15) is 0 Å². The largest absolute Gasteiger partial charge is 0.353 e. The SMILES string of the molecule is O=C(NC1CCCCCC1)[C@H]1CCCN(C(=O)c2ccc(F)cc2)C1. The van der Waals surface area contributed by atoms with Crippen molar-refractivity contribution < 1.29 is 14.0 Å². The Labute approximate surface area is 148 Å². The van der Waals surface area contributed by atoms with E-state index in [0.717, 1.165) is 25.7 Å². The normalized spacial score (nSPS) is 22.3. The van der Waals surface area contributed by atoms with Gasteiger partial charge in [0.2, 0.25) is 5.91 Å². The Hall–Kier alpha value is -1.91. The summed E-state index contributed by atoms with van der Waals surface area (Å²) in [4.78, 5) is 26.9. The molecule has 1 aromatic rings. The van der Waals surface area contributed by atoms with E-state index in [0.29, 0.717) is 18.7 Å². The molecule has 1 N–H and O–H groups in total. The van der Waals surface area contributed by atoms with Crippen molar-refractivity contribution in [1.82, 2.24) is 10.2 Å². The molecule has 1 aromatic carbocycles. The first-order chi connectivity index (χ1) is 12.1. The van der Waals surface area contributed by atoms with Gasteiger partial charge >= 0.3 is 0 Å². The lowest BCUT2D eigenvalue weighted by atomic mass is 9.95. The first kappa shape index (κ1) is 17.9. The van der Waals surface area contributed by atoms with Gasteiger partial charge in [-0.15, -0.1) is 0 Å². The van der Waals surface area contributed by atoms with E-state index in [1.807, 2.05) is 0 Å². The van der Waals surface area contributed by atoms with E-state index in [-0.39, 0.29) is 29.6 Å². The fraction of sp³-hybridized carbons (Fsp3) is 0.600. The van der Waals surface area contributed by atoms with E-state index < -0.39 is 0 Å². The van der Waals surface area contributed by atoms with Crippen LogP contribution in [0.25, 0.3) is 0 Å². The van der Waals surface area contributed by atoms with Gasteiger partial charge in [-0.1, -0.05) is 25.7 Å². The molecule has 2 amide bonds. The molecule has 1 heterocycles. The molecule has 0 bridgehead atoms. The molecule has 3 rings (SSSR count). The van der Waals surface area contributed by atoms with Crippen molar-refractivity contribution in [2.45, 2.75) is 57.4 Å². The summed E-state index contributed by atoms with van der Waals surface area (Å²) in [5, 5.41) is 3.21. The molecule has 1 saturated heterocycles. The zero-order valence-corrected chi connectivity index (χ0v) is 14.7. The third-order valence-electron chi connectivity index (χ3n) is 5.37. The number of likely N-dealkylation sites (tertiary alicyclic amines) is 1. The molecule has 1 aliphatic heterocycles. The predicted molar refractivity (Wildman–Crippen MR) is 94.7 cm³/mol. The van der Waals surface area contributed by atoms with Crippen LogP contribution in [-0.4, -0.2) is 35.8 Å². The summed E-state index contributed by atoms with van der Waals surface area (Å²) < 4.78 is 13.0. The van der Waals surface area contributed by atoms with E-state index in [1.165, 1.54) is 49.9 Å². The number of hydrogen-bond acceptors (Lipinski definition) is 2. The Kier molecular flexibility index (Phi) is 6.05. The topological polar surface area (TPSA) is 49.4 Å². The van der Waals surface area contributed by atoms with Crippen molar-refractivity contribution in [3.8, 4) is 0 Å². The van der Waals surface area contributed by atoms with Gasteiger partial charge in [0.05, 0.1) is 5.92 Å². The molecule has 4 nitrogen and oxygen atoms in total. The third-order valence-corrected chi connectivity index (χ3v) is 5.37. The number of piperidine rings is 1. The average molecular weight is 346 g/mol. The monoisotopic (exact) mass is 346 g/mol. The number of carbonyl (C=O) groups is 2. The number of amides is 2. The van der Waals surface area contributed by atoms with Crippen LogP contribution in [0.4, 0.5) is 4.39 Å². The first-order valence-corrected chi connectivity index (χ1v) is 9.49. The Morgan fingerprint density at radius 3 is 2.32 bits per heavy atom. The minimum Gasteiger partial charge on any atom is -0.353 e. The molecule has 0 spiro atoms. The molecule has 1 aliphatic carbocycles. The lowest BCUT2D eigenvalue weighted by molar-refractivity contribution is -0.127. The zero-order chi connectivity index (χ0) is 17.6. The lowest BCUT2D eigenvalue weighted by Crippen LogP contribution is -2.47. The molecule has 25 heavy (non-hydrogen) atoms. The molecular formula is C20H27FN2O2. The first-order valence-electron chi connectivity index (χ1n) is 9.49. The van der Waals surface area contributed by atoms with E-state index in [9.17, 15) is 14.0 Å². The number of rotatable bonds is 3. The number of carbonyl (C=O) groups excluding carboxylic acids is 2. The van der Waals surface area contributed by atoms with Crippen LogP contribution >= 0.6 is 0 Å². The zero-order valence-electron chi connectivity index (χ0n) is 14.7. The molecule has 0 aromatic heterocycles. The van der Waals surface area contributed by atoms with Crippen molar-refractivity contribution in [1.29, 1.82) is 0 Å². The maximum atomic E-state index is 13.0. The molecular weight excluding hydrogens is 319 g/mol. The maximum absolute atomic E-state index is 13.0. The van der Waals surface area contributed by atoms with Crippen LogP contribution in [0.15, 0.2) is 24.3 Å². The van der Waals surface area contributed by atoms with Crippen molar-refractivity contribution in [3.63, 3.8) is 0 Å². The van der Waals surface area contributed by atoms with Crippen molar-refractivity contribution >= 4 is 11.8 Å². The summed E-state index contributed by atoms with van der Waals surface area (Å²) in [5.74, 6) is -0.521. The fourth-order valence-corrected chi connectivity index (χ4v) is 3.89. The number of halogens is 1. The van der Waals surface area contributed by atoms with Gasteiger partial charge in [0.1, 0.15) is 5.82 Å². The fourth-order valence-electron chi connectivity index (χ4n) is 3.89. The second kappa shape index (κ2) is 8.45. The quantitative estimate of drug-likeness (QED) is 0.852. The molecule has 0 radical (unpaired) electrons. The van der Waals surface area contributed by atoms with Gasteiger partial charge in [-0.3, -0.25) is 9.59 Å². The number of nitrogens with one attached hydrogen (secondary N) is 1. The average Bonchev–Trinajstić information content (AvgIpc) is 2.90. The van der Waals surface area contributed by atoms with Gasteiger partial charge in [0.25, 0.3) is 5.91 Å². The van der Waals surface area contributed by atoms with Crippen LogP contribution in [-0.2, 0) is 4.79 Å². The molecule has 1 atom stereocenters. The number of hydrogen-bond donors (Lipinski definition) is 1. The summed E-state index contributed by atoms with van der Waals surface area (Å²) in [7, 11) is 0. The Morgan fingerprint density at radius 2 is 1.64 bits per heavy atom. The van der Waals surface area contributed by atoms with Crippen molar-refractivity contribution in [2.24, 2.45) is 5.92 Å². The summed E-state index contributed by atoms with van der Waals surface area (Å²) in [6.45, 7) is 1.11. The van der Waals surface area contributed by atoms with Crippen molar-refractivity contribution in [2.75, 3.05) is 13.1 Å². The van der Waals surface area contributed by atoms with Crippen LogP contribution in [0.1, 0.15) is 61.7 Å². The highest BCUT2D eigenvalue weighted by molar-refractivity contribution is 5.94. The van der Waals surface area contributed by atoms with E-state index in [2.05, 4.69) is 5.32 Å². The highest BCUT2D eigenvalue weighted by Crippen LogP contribution is 2.21. The molecule has 2 fully saturated rings. The van der Waals surface area contributed by atoms with Crippen LogP contribution < -0.4 is 5.32 Å². The third kappa shape index (κ3) is 4.80. The van der Waals surface area contributed by atoms with Crippen molar-refractivity contribution in [3.05, 3.63) is 35.6 Å². The number of benzene rings is 1. The van der Waals surface area contributed by atoms with Gasteiger partial charge < -0.3 is 10.2 Å². The maximum Gasteiger partial charge on any atom is 0.253 e. The highest BCUT2D eigenvalue weighted by Gasteiger charge is 2.30. The van der Waals surface area contributed by atoms with Crippen LogP contribution in [0.3, 0.4) is 0 Å². The standard InChI is InChI=1S/C20H27FN2O2/c21-17-11-9-15(10-12-17)20(25)23-13-5-6-16(14-23)19(24)22-18-7-3-1-2-4-8-18/h9-12,16,18H,1-8,13-14H2,(H,22,24)/t16-/m0/s1. The van der Waals surface area contributed by atoms with Crippen LogP contribution in [0.5, 0.6) is 0 Å². The Balaban J connectivity index is 1.57. The van der Waals surface area contributed by atoms with Gasteiger partial charge in [-0.25, -0.2) is 4.39 Å². The minimum absolute atomic E-state index is 0.0866. The van der Waals surface area contributed by atoms with Gasteiger partial charge in [0.15, 0.2) is 0 Å². The van der Waals surface area contributed by atoms with Crippen LogP contribution in [0.2, 0.25) is 0 Å². The summed E-state index contributed by atoms with van der Waals surface area (Å²) in [6, 6.07) is 5.90. The van der Waals surface area contributed by atoms with Crippen LogP contribution in [0, 0.1) is 11.7 Å². The molecule has 1 saturated carbocycles. The minimum atomic E-state index is -0.351. The lowest BCUT2D eigenvalue weighted by Gasteiger charge is -2.33. The summed E-state index contributed by atoms with van der Waals surface area (Å²) in [6.07, 6.45) is 8.68. The second-order valence-electron chi connectivity index (χ2n) is 7.29. The number of nitrogens with zero attached hydrogens (tertiary/aromatic N) is 1. The van der Waals surface area contributed by atoms with Gasteiger partial charge in [-0.05, 0) is 49.9 Å². The van der Waals surface area contributed by atoms with E-state index in [4.69, 9.17) is 0 Å².